The van der Waals surface area contributed by atoms with Crippen LogP contribution in [-0.2, 0) is 9.59 Å². The Labute approximate surface area is 99.6 Å². The lowest BCUT2D eigenvalue weighted by molar-refractivity contribution is -0.140. The lowest BCUT2D eigenvalue weighted by Crippen LogP contribution is -2.29. The van der Waals surface area contributed by atoms with Crippen LogP contribution in [0.15, 0.2) is 30.3 Å². The van der Waals surface area contributed by atoms with E-state index in [1.165, 1.54) is 0 Å². The zero-order valence-corrected chi connectivity index (χ0v) is 9.59. The summed E-state index contributed by atoms with van der Waals surface area (Å²) in [7, 11) is 0. The fraction of sp³-hybridized carbons (Fsp3) is 0.385. The third-order valence-electron chi connectivity index (χ3n) is 3.10. The molecular formula is C13H15NO3. The highest BCUT2D eigenvalue weighted by atomic mass is 16.4. The van der Waals surface area contributed by atoms with Crippen molar-refractivity contribution in [2.24, 2.45) is 11.8 Å². The molecule has 0 aliphatic heterocycles. The number of hydrogen-bond donors (Lipinski definition) is 2. The number of hydrogen-bond acceptors (Lipinski definition) is 2. The third kappa shape index (κ3) is 2.64. The summed E-state index contributed by atoms with van der Waals surface area (Å²) in [6.07, 6.45) is 0.461. The second-order valence-corrected chi connectivity index (χ2v) is 4.43. The van der Waals surface area contributed by atoms with Crippen LogP contribution in [0.25, 0.3) is 0 Å². The van der Waals surface area contributed by atoms with E-state index in [0.29, 0.717) is 6.42 Å². The Morgan fingerprint density at radius 1 is 1.29 bits per heavy atom. The Kier molecular flexibility index (Phi) is 3.13. The van der Waals surface area contributed by atoms with Crippen molar-refractivity contribution >= 4 is 11.9 Å². The second kappa shape index (κ2) is 4.57. The summed E-state index contributed by atoms with van der Waals surface area (Å²) in [4.78, 5) is 22.4. The number of amides is 1. The summed E-state index contributed by atoms with van der Waals surface area (Å²) >= 11 is 0. The molecule has 4 nitrogen and oxygen atoms in total. The highest BCUT2D eigenvalue weighted by molar-refractivity contribution is 5.89. The van der Waals surface area contributed by atoms with Gasteiger partial charge in [-0.15, -0.1) is 0 Å². The van der Waals surface area contributed by atoms with Gasteiger partial charge in [0.15, 0.2) is 0 Å². The number of benzene rings is 1. The molecule has 0 bridgehead atoms. The number of carboxylic acids is 1. The van der Waals surface area contributed by atoms with Crippen LogP contribution in [0.3, 0.4) is 0 Å². The van der Waals surface area contributed by atoms with Gasteiger partial charge in [0.2, 0.25) is 5.91 Å². The van der Waals surface area contributed by atoms with Crippen LogP contribution in [-0.4, -0.2) is 17.0 Å². The van der Waals surface area contributed by atoms with Gasteiger partial charge in [-0.25, -0.2) is 0 Å². The van der Waals surface area contributed by atoms with Crippen LogP contribution in [0.4, 0.5) is 0 Å². The Balaban J connectivity index is 1.90. The number of carbonyl (C=O) groups is 2. The highest BCUT2D eigenvalue weighted by Crippen LogP contribution is 2.39. The summed E-state index contributed by atoms with van der Waals surface area (Å²) in [6.45, 7) is 1.89. The number of nitrogens with one attached hydrogen (secondary N) is 1. The van der Waals surface area contributed by atoms with Crippen LogP contribution in [0.1, 0.15) is 24.9 Å². The van der Waals surface area contributed by atoms with Gasteiger partial charge in [0.05, 0.1) is 17.9 Å². The molecule has 1 aromatic rings. The quantitative estimate of drug-likeness (QED) is 0.829. The largest absolute Gasteiger partial charge is 0.481 e. The molecule has 0 radical (unpaired) electrons. The molecular weight excluding hydrogens is 218 g/mol. The molecule has 90 valence electrons. The van der Waals surface area contributed by atoms with Gasteiger partial charge in [-0.1, -0.05) is 30.3 Å². The molecule has 1 fully saturated rings. The SMILES string of the molecule is C[C@H](NC(=O)[C@H]1C[C@H]1C(=O)O)c1ccccc1. The van der Waals surface area contributed by atoms with E-state index in [1.807, 2.05) is 37.3 Å². The van der Waals surface area contributed by atoms with Crippen molar-refractivity contribution in [1.29, 1.82) is 0 Å². The molecule has 3 atom stereocenters. The molecule has 1 aliphatic rings. The molecule has 0 unspecified atom stereocenters. The molecule has 0 aromatic heterocycles. The maximum atomic E-state index is 11.7. The Morgan fingerprint density at radius 2 is 1.94 bits per heavy atom. The number of carboxylic acid groups (broad SMARTS) is 1. The normalized spacial score (nSPS) is 23.8. The Morgan fingerprint density at radius 3 is 2.47 bits per heavy atom. The van der Waals surface area contributed by atoms with Gasteiger partial charge in [0, 0.05) is 0 Å². The van der Waals surface area contributed by atoms with Crippen LogP contribution < -0.4 is 5.32 Å². The third-order valence-corrected chi connectivity index (χ3v) is 3.10. The lowest BCUT2D eigenvalue weighted by atomic mass is 10.1. The van der Waals surface area contributed by atoms with E-state index in [4.69, 9.17) is 5.11 Å². The first kappa shape index (κ1) is 11.6. The van der Waals surface area contributed by atoms with E-state index in [9.17, 15) is 9.59 Å². The van der Waals surface area contributed by atoms with Crippen molar-refractivity contribution in [3.05, 3.63) is 35.9 Å². The molecule has 17 heavy (non-hydrogen) atoms. The van der Waals surface area contributed by atoms with Gasteiger partial charge in [0.25, 0.3) is 0 Å². The molecule has 4 heteroatoms. The van der Waals surface area contributed by atoms with Gasteiger partial charge >= 0.3 is 5.97 Å². The monoisotopic (exact) mass is 233 g/mol. The average molecular weight is 233 g/mol. The molecule has 0 saturated heterocycles. The van der Waals surface area contributed by atoms with Crippen molar-refractivity contribution in [3.8, 4) is 0 Å². The van der Waals surface area contributed by atoms with Crippen LogP contribution in [0, 0.1) is 11.8 Å². The van der Waals surface area contributed by atoms with Gasteiger partial charge in [-0.2, -0.15) is 0 Å². The number of carbonyl (C=O) groups excluding carboxylic acids is 1. The van der Waals surface area contributed by atoms with Gasteiger partial charge in [-0.05, 0) is 18.9 Å². The molecule has 0 spiro atoms. The maximum Gasteiger partial charge on any atom is 0.307 e. The van der Waals surface area contributed by atoms with Gasteiger partial charge in [-0.3, -0.25) is 9.59 Å². The fourth-order valence-electron chi connectivity index (χ4n) is 1.90. The summed E-state index contributed by atoms with van der Waals surface area (Å²) < 4.78 is 0. The molecule has 1 aliphatic carbocycles. The zero-order valence-electron chi connectivity index (χ0n) is 9.59. The van der Waals surface area contributed by atoms with Crippen LogP contribution in [0.5, 0.6) is 0 Å². The van der Waals surface area contributed by atoms with Crippen molar-refractivity contribution < 1.29 is 14.7 Å². The average Bonchev–Trinajstić information content (AvgIpc) is 3.10. The fourth-order valence-corrected chi connectivity index (χ4v) is 1.90. The first-order valence-corrected chi connectivity index (χ1v) is 5.67. The molecule has 1 saturated carbocycles. The van der Waals surface area contributed by atoms with Gasteiger partial charge in [0.1, 0.15) is 0 Å². The molecule has 1 amide bonds. The highest BCUT2D eigenvalue weighted by Gasteiger charge is 2.48. The van der Waals surface area contributed by atoms with Crippen molar-refractivity contribution in [2.75, 3.05) is 0 Å². The Bertz CT molecular complexity index is 430. The maximum absolute atomic E-state index is 11.7. The van der Waals surface area contributed by atoms with E-state index < -0.39 is 11.9 Å². The van der Waals surface area contributed by atoms with E-state index in [1.54, 1.807) is 0 Å². The van der Waals surface area contributed by atoms with Crippen molar-refractivity contribution in [2.45, 2.75) is 19.4 Å². The molecule has 2 N–H and O–H groups in total. The predicted molar refractivity (Wildman–Crippen MR) is 62.2 cm³/mol. The summed E-state index contributed by atoms with van der Waals surface area (Å²) in [5, 5.41) is 11.6. The van der Waals surface area contributed by atoms with Gasteiger partial charge < -0.3 is 10.4 Å². The Hall–Kier alpha value is -1.84. The van der Waals surface area contributed by atoms with E-state index in [0.717, 1.165) is 5.56 Å². The minimum absolute atomic E-state index is 0.0845. The van der Waals surface area contributed by atoms with Crippen LogP contribution >= 0.6 is 0 Å². The van der Waals surface area contributed by atoms with Crippen molar-refractivity contribution in [3.63, 3.8) is 0 Å². The second-order valence-electron chi connectivity index (χ2n) is 4.43. The van der Waals surface area contributed by atoms with Crippen LogP contribution in [0.2, 0.25) is 0 Å². The molecule has 1 aromatic carbocycles. The first-order valence-electron chi connectivity index (χ1n) is 5.67. The summed E-state index contributed by atoms with van der Waals surface area (Å²) in [5.74, 6) is -1.87. The first-order chi connectivity index (χ1) is 8.09. The number of rotatable bonds is 4. The molecule has 2 rings (SSSR count). The van der Waals surface area contributed by atoms with E-state index in [-0.39, 0.29) is 17.9 Å². The summed E-state index contributed by atoms with van der Waals surface area (Å²) in [6, 6.07) is 9.53. The minimum atomic E-state index is -0.877. The summed E-state index contributed by atoms with van der Waals surface area (Å²) in [5.41, 5.74) is 1.02. The predicted octanol–water partition coefficient (Wildman–Crippen LogP) is 1.58. The smallest absolute Gasteiger partial charge is 0.307 e. The van der Waals surface area contributed by atoms with E-state index in [2.05, 4.69) is 5.32 Å². The number of aliphatic carboxylic acids is 1. The van der Waals surface area contributed by atoms with Crippen molar-refractivity contribution in [1.82, 2.24) is 5.32 Å². The van der Waals surface area contributed by atoms with E-state index >= 15 is 0 Å². The zero-order chi connectivity index (χ0) is 12.4. The lowest BCUT2D eigenvalue weighted by Gasteiger charge is -2.13. The standard InChI is InChI=1S/C13H15NO3/c1-8(9-5-3-2-4-6-9)14-12(15)10-7-11(10)13(16)17/h2-6,8,10-11H,7H2,1H3,(H,14,15)(H,16,17)/t8-,10-,11+/m0/s1. The molecule has 0 heterocycles. The topological polar surface area (TPSA) is 66.4 Å². The minimum Gasteiger partial charge on any atom is -0.481 e.